The van der Waals surface area contributed by atoms with Crippen molar-refractivity contribution in [3.8, 4) is 0 Å². The van der Waals surface area contributed by atoms with Crippen LogP contribution in [0, 0.1) is 39.4 Å². The number of carbonyl (C=O) groups excluding carboxylic acids is 2. The molecule has 9 aliphatic rings. The average Bonchev–Trinajstić information content (AvgIpc) is 3.81. The number of aliphatic hydroxyl groups excluding tert-OH is 7. The van der Waals surface area contributed by atoms with Crippen LogP contribution < -0.4 is 0 Å². The highest BCUT2D eigenvalue weighted by molar-refractivity contribution is 7.80. The molecule has 5 heterocycles. The van der Waals surface area contributed by atoms with Crippen molar-refractivity contribution in [1.82, 2.24) is 0 Å². The Balaban J connectivity index is 0.909. The van der Waals surface area contributed by atoms with Crippen molar-refractivity contribution in [3.63, 3.8) is 0 Å². The normalized spacial score (nSPS) is 49.6. The Labute approximate surface area is 461 Å². The topological polar surface area (TPSA) is 341 Å². The number of rotatable bonds is 16. The highest BCUT2D eigenvalue weighted by Gasteiger charge is 2.79. The summed E-state index contributed by atoms with van der Waals surface area (Å²) >= 11 is 0. The first-order valence-electron chi connectivity index (χ1n) is 27.7. The van der Waals surface area contributed by atoms with Gasteiger partial charge in [-0.3, -0.25) is 14.1 Å². The molecular weight excluding hydrogens is 1060 g/mol. The van der Waals surface area contributed by atoms with Gasteiger partial charge in [0.15, 0.2) is 25.2 Å². The maximum atomic E-state index is 14.7. The maximum absolute atomic E-state index is 14.7. The van der Waals surface area contributed by atoms with E-state index in [1.807, 2.05) is 13.8 Å². The van der Waals surface area contributed by atoms with Crippen molar-refractivity contribution in [3.05, 3.63) is 23.8 Å². The van der Waals surface area contributed by atoms with Gasteiger partial charge in [0.05, 0.1) is 43.4 Å². The number of hydrogen-bond acceptors (Lipinski definition) is 23. The summed E-state index contributed by atoms with van der Waals surface area (Å²) < 4.78 is 104. The Morgan fingerprint density at radius 2 is 1.38 bits per heavy atom. The lowest BCUT2D eigenvalue weighted by atomic mass is 9.41. The van der Waals surface area contributed by atoms with Crippen LogP contribution in [0.25, 0.3) is 0 Å². The molecule has 1 spiro atoms. The minimum atomic E-state index is -5.15. The SMILES string of the molecule is C=C(C)CCC[C@]1(C)OC(=O)C23CCC4C(=CCC5C(C)(C)C(O[C@@H]6OC[C@@H](OS(=O)(=O)O)C(O)C6O[C@@H]6OC(C)[C@@H](O[C@@H]7OC[C@@H](O)C(O[C@@H]8OC[C@@H](O)C(OC)C8O)C7O)C(O)C6O)CC[C@]45C)C2(C)CC(OC(C)=O)C31. The van der Waals surface area contributed by atoms with E-state index in [1.165, 1.54) is 26.5 Å². The third-order valence-corrected chi connectivity index (χ3v) is 20.3. The van der Waals surface area contributed by atoms with Crippen LogP contribution in [0.2, 0.25) is 0 Å². The number of ether oxygens (including phenoxy) is 11. The van der Waals surface area contributed by atoms with Gasteiger partial charge in [-0.25, -0.2) is 4.18 Å². The largest absolute Gasteiger partial charge is 0.462 e. The fourth-order valence-corrected chi connectivity index (χ4v) is 16.6. The zero-order valence-corrected chi connectivity index (χ0v) is 47.3. The number of carbonyl (C=O) groups is 2. The Morgan fingerprint density at radius 1 is 0.759 bits per heavy atom. The summed E-state index contributed by atoms with van der Waals surface area (Å²) in [5.41, 5.74) is -1.10. The smallest absolute Gasteiger partial charge is 0.397 e. The lowest BCUT2D eigenvalue weighted by Crippen LogP contribution is -2.65. The van der Waals surface area contributed by atoms with Gasteiger partial charge in [-0.05, 0) is 101 Å². The molecule has 4 aliphatic carbocycles. The van der Waals surface area contributed by atoms with Crippen molar-refractivity contribution < 1.29 is 115 Å². The molecule has 5 aliphatic heterocycles. The molecule has 24 nitrogen and oxygen atoms in total. The second-order valence-corrected chi connectivity index (χ2v) is 26.2. The van der Waals surface area contributed by atoms with Gasteiger partial charge in [0.2, 0.25) is 0 Å². The molecule has 3 saturated carbocycles. The molecule has 8 fully saturated rings. The summed E-state index contributed by atoms with van der Waals surface area (Å²) in [4.78, 5) is 27.4. The van der Waals surface area contributed by atoms with E-state index in [9.17, 15) is 58.3 Å². The van der Waals surface area contributed by atoms with Crippen molar-refractivity contribution >= 4 is 22.3 Å². The number of methoxy groups -OCH3 is 1. The minimum Gasteiger partial charge on any atom is -0.462 e. The van der Waals surface area contributed by atoms with Gasteiger partial charge in [0.25, 0.3) is 0 Å². The number of allylic oxidation sites excluding steroid dienone is 3. The standard InChI is InChI=1S/C54H84O24S/c1-24(2)12-11-17-53(9)44-31(72-26(4)55)20-52(8)28-13-14-33-50(5,6)34(16-18-51(33,7)27(28)15-19-54(44,52)49(63)77-53)73-48-43(35(58)32(23-70-48)78-79(64,65)66)76-47-37(60)36(59)40(25(3)71-47)74-46-39(62)42(30(57)22-69-46)75-45-38(61)41(67-10)29(56)21-68-45/h13,25,27,29-48,56-62H,1,11-12,14-23H2,2-10H3,(H,64,65,66)/t25?,27?,29-,30-,31?,32-,33?,34?,35?,36?,37?,38?,39?,40-,41?,42?,43?,44?,45+,46+,47+,48+,51-,52?,53+,54?/m1/s1. The Hall–Kier alpha value is -2.35. The van der Waals surface area contributed by atoms with Gasteiger partial charge in [-0.15, -0.1) is 6.58 Å². The zero-order chi connectivity index (χ0) is 57.7. The molecule has 5 saturated heterocycles. The minimum absolute atomic E-state index is 0.00419. The molecule has 0 amide bonds. The monoisotopic (exact) mass is 1150 g/mol. The van der Waals surface area contributed by atoms with Gasteiger partial charge in [-0.1, -0.05) is 44.9 Å². The van der Waals surface area contributed by atoms with E-state index < -0.39 is 168 Å². The molecule has 450 valence electrons. The predicted molar refractivity (Wildman–Crippen MR) is 270 cm³/mol. The Bertz CT molecular complexity index is 2390. The third-order valence-electron chi connectivity index (χ3n) is 19.8. The molecule has 0 aromatic heterocycles. The summed E-state index contributed by atoms with van der Waals surface area (Å²) in [6.07, 6.45) is -19.6. The van der Waals surface area contributed by atoms with Gasteiger partial charge >= 0.3 is 22.3 Å². The highest BCUT2D eigenvalue weighted by Crippen LogP contribution is 2.77. The van der Waals surface area contributed by atoms with Crippen LogP contribution in [0.3, 0.4) is 0 Å². The van der Waals surface area contributed by atoms with E-state index in [0.717, 1.165) is 18.4 Å². The van der Waals surface area contributed by atoms with Crippen molar-refractivity contribution in [2.45, 2.75) is 235 Å². The maximum Gasteiger partial charge on any atom is 0.397 e. The molecule has 9 rings (SSSR count). The van der Waals surface area contributed by atoms with Gasteiger partial charge in [-0.2, -0.15) is 8.42 Å². The summed E-state index contributed by atoms with van der Waals surface area (Å²) in [5, 5.41) is 77.9. The van der Waals surface area contributed by atoms with Crippen molar-refractivity contribution in [1.29, 1.82) is 0 Å². The lowest BCUT2D eigenvalue weighted by molar-refractivity contribution is -0.380. The molecule has 0 aromatic carbocycles. The van der Waals surface area contributed by atoms with E-state index in [0.29, 0.717) is 44.9 Å². The average molecular weight is 1150 g/mol. The van der Waals surface area contributed by atoms with Crippen LogP contribution >= 0.6 is 0 Å². The van der Waals surface area contributed by atoms with Crippen molar-refractivity contribution in [2.24, 2.45) is 39.4 Å². The third kappa shape index (κ3) is 10.8. The molecule has 8 N–H and O–H groups in total. The number of fused-ring (bicyclic) bond motifs is 4. The zero-order valence-electron chi connectivity index (χ0n) is 46.5. The van der Waals surface area contributed by atoms with E-state index >= 15 is 0 Å². The molecule has 25 heteroatoms. The highest BCUT2D eigenvalue weighted by atomic mass is 32.3. The number of cyclic esters (lactones) is 1. The van der Waals surface area contributed by atoms with E-state index in [1.54, 1.807) is 0 Å². The first-order valence-corrected chi connectivity index (χ1v) is 29.1. The fourth-order valence-electron chi connectivity index (χ4n) is 16.1. The van der Waals surface area contributed by atoms with Crippen LogP contribution in [0.1, 0.15) is 113 Å². The lowest BCUT2D eigenvalue weighted by Gasteiger charge is -2.64. The predicted octanol–water partition coefficient (Wildman–Crippen LogP) is 1.26. The summed E-state index contributed by atoms with van der Waals surface area (Å²) in [7, 11) is -3.88. The fraction of sp³-hybridized carbons (Fsp3) is 0.889. The number of esters is 2. The van der Waals surface area contributed by atoms with Crippen LogP contribution in [-0.2, 0) is 76.3 Å². The first kappa shape index (κ1) is 61.2. The van der Waals surface area contributed by atoms with Crippen molar-refractivity contribution in [2.75, 3.05) is 26.9 Å². The number of aliphatic hydroxyl groups is 7. The van der Waals surface area contributed by atoms with Crippen LogP contribution in [-0.4, -0.2) is 210 Å². The van der Waals surface area contributed by atoms with Gasteiger partial charge in [0, 0.05) is 19.4 Å². The molecule has 0 bridgehead atoms. The van der Waals surface area contributed by atoms with E-state index in [-0.39, 0.29) is 35.7 Å². The Morgan fingerprint density at radius 3 is 2.01 bits per heavy atom. The molecule has 0 radical (unpaired) electrons. The molecular formula is C54H84O24S. The number of hydrogen-bond donors (Lipinski definition) is 8. The summed E-state index contributed by atoms with van der Waals surface area (Å²) in [5.74, 6) is -0.934. The van der Waals surface area contributed by atoms with E-state index in [2.05, 4.69) is 40.3 Å². The first-order chi connectivity index (χ1) is 36.9. The van der Waals surface area contributed by atoms with Crippen LogP contribution in [0.4, 0.5) is 0 Å². The van der Waals surface area contributed by atoms with Gasteiger partial charge in [0.1, 0.15) is 85.0 Å². The summed E-state index contributed by atoms with van der Waals surface area (Å²) in [6.45, 7) is 18.2. The van der Waals surface area contributed by atoms with Gasteiger partial charge < -0.3 is 87.9 Å². The second-order valence-electron chi connectivity index (χ2n) is 25.1. The van der Waals surface area contributed by atoms with E-state index in [4.69, 9.17) is 56.3 Å². The molecule has 79 heavy (non-hydrogen) atoms. The van der Waals surface area contributed by atoms with Crippen LogP contribution in [0.5, 0.6) is 0 Å². The molecule has 16 unspecified atom stereocenters. The summed E-state index contributed by atoms with van der Waals surface area (Å²) in [6, 6.07) is 0. The molecule has 0 aromatic rings. The van der Waals surface area contributed by atoms with Crippen LogP contribution in [0.15, 0.2) is 23.8 Å². The quantitative estimate of drug-likeness (QED) is 0.0613. The Kier molecular flexibility index (Phi) is 17.5. The second kappa shape index (κ2) is 22.6. The molecule has 26 atom stereocenters.